The second-order valence-corrected chi connectivity index (χ2v) is 7.72. The van der Waals surface area contributed by atoms with Gasteiger partial charge in [0.2, 0.25) is 17.7 Å². The number of carbonyl (C=O) groups is 3. The highest BCUT2D eigenvalue weighted by atomic mass is 19.1. The Balaban J connectivity index is 1.52. The highest BCUT2D eigenvalue weighted by Gasteiger charge is 2.48. The van der Waals surface area contributed by atoms with E-state index in [1.807, 2.05) is 30.3 Å². The molecular weight excluding hydrogens is 371 g/mol. The minimum atomic E-state index is -0.501. The van der Waals surface area contributed by atoms with Gasteiger partial charge in [-0.15, -0.1) is 0 Å². The summed E-state index contributed by atoms with van der Waals surface area (Å²) in [5.41, 5.74) is 1.55. The monoisotopic (exact) mass is 394 g/mol. The van der Waals surface area contributed by atoms with Crippen LogP contribution in [0, 0.1) is 17.7 Å². The highest BCUT2D eigenvalue weighted by molar-refractivity contribution is 6.07. The Hall–Kier alpha value is -3.02. The van der Waals surface area contributed by atoms with Crippen molar-refractivity contribution in [1.29, 1.82) is 0 Å². The van der Waals surface area contributed by atoms with Crippen molar-refractivity contribution in [3.63, 3.8) is 0 Å². The van der Waals surface area contributed by atoms with E-state index in [4.69, 9.17) is 0 Å². The first-order valence-corrected chi connectivity index (χ1v) is 9.99. The molecule has 0 spiro atoms. The number of imide groups is 1. The molecule has 1 aliphatic heterocycles. The first-order valence-electron chi connectivity index (χ1n) is 9.99. The van der Waals surface area contributed by atoms with Crippen molar-refractivity contribution in [3.8, 4) is 0 Å². The molecule has 2 aliphatic rings. The van der Waals surface area contributed by atoms with Gasteiger partial charge in [-0.25, -0.2) is 4.39 Å². The van der Waals surface area contributed by atoms with Gasteiger partial charge in [-0.2, -0.15) is 0 Å². The number of fused-ring (bicyclic) bond motifs is 1. The van der Waals surface area contributed by atoms with E-state index in [0.717, 1.165) is 41.7 Å². The molecule has 29 heavy (non-hydrogen) atoms. The number of carbonyl (C=O) groups excluding carboxylic acids is 3. The maximum atomic E-state index is 13.3. The van der Waals surface area contributed by atoms with Crippen LogP contribution in [0.25, 0.3) is 0 Å². The summed E-state index contributed by atoms with van der Waals surface area (Å²) in [5, 5.41) is 2.91. The van der Waals surface area contributed by atoms with Gasteiger partial charge in [0.1, 0.15) is 12.4 Å². The van der Waals surface area contributed by atoms with Crippen molar-refractivity contribution in [1.82, 2.24) is 10.2 Å². The molecule has 0 aromatic heterocycles. The van der Waals surface area contributed by atoms with Crippen LogP contribution in [0.3, 0.4) is 0 Å². The molecule has 3 atom stereocenters. The fourth-order valence-corrected chi connectivity index (χ4v) is 4.40. The standard InChI is InChI=1S/C23H23FN2O3/c24-17-12-10-16(11-13-17)21(15-6-2-1-3-7-15)25-20(27)14-26-22(28)18-8-4-5-9-19(18)23(26)29/h1-3,6-7,10-13,18-19,21H,4-5,8-9,14H2,(H,25,27). The van der Waals surface area contributed by atoms with Crippen LogP contribution in [-0.4, -0.2) is 29.2 Å². The number of nitrogens with zero attached hydrogens (tertiary/aromatic N) is 1. The summed E-state index contributed by atoms with van der Waals surface area (Å²) < 4.78 is 13.3. The predicted molar refractivity (Wildman–Crippen MR) is 105 cm³/mol. The van der Waals surface area contributed by atoms with Gasteiger partial charge in [0.15, 0.2) is 0 Å². The van der Waals surface area contributed by atoms with Crippen LogP contribution in [0.5, 0.6) is 0 Å². The molecule has 3 amide bonds. The number of hydrogen-bond donors (Lipinski definition) is 1. The van der Waals surface area contributed by atoms with E-state index in [2.05, 4.69) is 5.32 Å². The normalized spacial score (nSPS) is 22.3. The zero-order valence-corrected chi connectivity index (χ0v) is 16.0. The van der Waals surface area contributed by atoms with E-state index in [9.17, 15) is 18.8 Å². The molecule has 1 N–H and O–H groups in total. The number of benzene rings is 2. The van der Waals surface area contributed by atoms with E-state index < -0.39 is 11.9 Å². The maximum absolute atomic E-state index is 13.3. The molecule has 0 radical (unpaired) electrons. The van der Waals surface area contributed by atoms with Crippen LogP contribution in [0.1, 0.15) is 42.9 Å². The minimum absolute atomic E-state index is 0.229. The topological polar surface area (TPSA) is 66.5 Å². The Morgan fingerprint density at radius 1 is 0.931 bits per heavy atom. The van der Waals surface area contributed by atoms with Gasteiger partial charge >= 0.3 is 0 Å². The first kappa shape index (κ1) is 19.3. The third-order valence-corrected chi connectivity index (χ3v) is 5.88. The Bertz CT molecular complexity index is 889. The number of rotatable bonds is 5. The van der Waals surface area contributed by atoms with Gasteiger partial charge in [-0.05, 0) is 36.1 Å². The first-order chi connectivity index (χ1) is 14.0. The van der Waals surface area contributed by atoms with Crippen molar-refractivity contribution in [2.24, 2.45) is 11.8 Å². The molecule has 2 aromatic carbocycles. The molecule has 2 aromatic rings. The zero-order valence-electron chi connectivity index (χ0n) is 16.0. The maximum Gasteiger partial charge on any atom is 0.240 e. The predicted octanol–water partition coefficient (Wildman–Crippen LogP) is 3.21. The smallest absolute Gasteiger partial charge is 0.240 e. The van der Waals surface area contributed by atoms with Crippen molar-refractivity contribution >= 4 is 17.7 Å². The summed E-state index contributed by atoms with van der Waals surface area (Å²) in [4.78, 5) is 39.2. The fourth-order valence-electron chi connectivity index (χ4n) is 4.40. The second-order valence-electron chi connectivity index (χ2n) is 7.72. The summed E-state index contributed by atoms with van der Waals surface area (Å²) in [6.07, 6.45) is 3.33. The van der Waals surface area contributed by atoms with Crippen molar-refractivity contribution < 1.29 is 18.8 Å². The van der Waals surface area contributed by atoms with Gasteiger partial charge in [-0.1, -0.05) is 55.3 Å². The second kappa shape index (κ2) is 8.15. The summed E-state index contributed by atoms with van der Waals surface area (Å²) in [7, 11) is 0. The molecule has 1 heterocycles. The number of amides is 3. The molecule has 6 heteroatoms. The van der Waals surface area contributed by atoms with E-state index in [1.165, 1.54) is 12.1 Å². The SMILES string of the molecule is O=C(CN1C(=O)C2CCCCC2C1=O)NC(c1ccccc1)c1ccc(F)cc1. The van der Waals surface area contributed by atoms with E-state index >= 15 is 0 Å². The minimum Gasteiger partial charge on any atom is -0.344 e. The Morgan fingerprint density at radius 3 is 2.07 bits per heavy atom. The number of likely N-dealkylation sites (tertiary alicyclic amines) is 1. The highest BCUT2D eigenvalue weighted by Crippen LogP contribution is 2.37. The van der Waals surface area contributed by atoms with Crippen LogP contribution < -0.4 is 5.32 Å². The van der Waals surface area contributed by atoms with Gasteiger partial charge in [0.25, 0.3) is 0 Å². The Morgan fingerprint density at radius 2 is 1.48 bits per heavy atom. The molecule has 5 nitrogen and oxygen atoms in total. The third-order valence-electron chi connectivity index (χ3n) is 5.88. The number of halogens is 1. The third kappa shape index (κ3) is 3.92. The average molecular weight is 394 g/mol. The molecule has 2 fully saturated rings. The largest absolute Gasteiger partial charge is 0.344 e. The van der Waals surface area contributed by atoms with Crippen LogP contribution in [0.15, 0.2) is 54.6 Å². The Labute approximate surface area is 168 Å². The van der Waals surface area contributed by atoms with E-state index in [0.29, 0.717) is 0 Å². The lowest BCUT2D eigenvalue weighted by molar-refractivity contribution is -0.143. The molecular formula is C23H23FN2O3. The van der Waals surface area contributed by atoms with Gasteiger partial charge in [-0.3, -0.25) is 19.3 Å². The van der Waals surface area contributed by atoms with Crippen LogP contribution in [0.4, 0.5) is 4.39 Å². The summed E-state index contributed by atoms with van der Waals surface area (Å²) >= 11 is 0. The number of nitrogens with one attached hydrogen (secondary N) is 1. The molecule has 1 aliphatic carbocycles. The summed E-state index contributed by atoms with van der Waals surface area (Å²) in [6, 6.07) is 14.7. The number of hydrogen-bond acceptors (Lipinski definition) is 3. The van der Waals surface area contributed by atoms with Crippen molar-refractivity contribution in [2.75, 3.05) is 6.54 Å². The molecule has 0 bridgehead atoms. The molecule has 4 rings (SSSR count). The van der Waals surface area contributed by atoms with Crippen LogP contribution >= 0.6 is 0 Å². The molecule has 3 unspecified atom stereocenters. The lowest BCUT2D eigenvalue weighted by Gasteiger charge is -2.22. The van der Waals surface area contributed by atoms with Gasteiger partial charge < -0.3 is 5.32 Å². The van der Waals surface area contributed by atoms with Gasteiger partial charge in [0, 0.05) is 0 Å². The quantitative estimate of drug-likeness (QED) is 0.792. The van der Waals surface area contributed by atoms with Crippen molar-refractivity contribution in [3.05, 3.63) is 71.5 Å². The zero-order chi connectivity index (χ0) is 20.4. The molecule has 1 saturated heterocycles. The van der Waals surface area contributed by atoms with Crippen LogP contribution in [-0.2, 0) is 14.4 Å². The van der Waals surface area contributed by atoms with E-state index in [1.54, 1.807) is 12.1 Å². The van der Waals surface area contributed by atoms with Crippen molar-refractivity contribution in [2.45, 2.75) is 31.7 Å². The van der Waals surface area contributed by atoms with Crippen LogP contribution in [0.2, 0.25) is 0 Å². The Kier molecular flexibility index (Phi) is 5.43. The van der Waals surface area contributed by atoms with Gasteiger partial charge in [0.05, 0.1) is 17.9 Å². The summed E-state index contributed by atoms with van der Waals surface area (Å²) in [6.45, 7) is -0.283. The fraction of sp³-hybridized carbons (Fsp3) is 0.348. The molecule has 150 valence electrons. The lowest BCUT2D eigenvalue weighted by Crippen LogP contribution is -2.42. The lowest BCUT2D eigenvalue weighted by atomic mass is 9.81. The van der Waals surface area contributed by atoms with E-state index in [-0.39, 0.29) is 36.0 Å². The summed E-state index contributed by atoms with van der Waals surface area (Å²) in [5.74, 6) is -1.77. The average Bonchev–Trinajstić information content (AvgIpc) is 2.98. The molecule has 1 saturated carbocycles.